The van der Waals surface area contributed by atoms with Gasteiger partial charge in [-0.2, -0.15) is 0 Å². The second-order valence-electron chi connectivity index (χ2n) is 4.16. The molecule has 1 N–H and O–H groups in total. The average molecular weight is 205 g/mol. The fraction of sp³-hybridized carbons (Fsp3) is 0.538. The zero-order valence-corrected chi connectivity index (χ0v) is 9.33. The molecule has 15 heavy (non-hydrogen) atoms. The van der Waals surface area contributed by atoms with E-state index in [-0.39, 0.29) is 0 Å². The highest BCUT2D eigenvalue weighted by molar-refractivity contribution is 5.45. The van der Waals surface area contributed by atoms with E-state index in [1.165, 1.54) is 17.7 Å². The van der Waals surface area contributed by atoms with Gasteiger partial charge in [-0.3, -0.25) is 0 Å². The Balaban J connectivity index is 1.86. The van der Waals surface area contributed by atoms with Crippen LogP contribution < -0.4 is 5.32 Å². The predicted molar refractivity (Wildman–Crippen MR) is 63.2 cm³/mol. The lowest BCUT2D eigenvalue weighted by Crippen LogP contribution is -2.14. The number of rotatable bonds is 4. The molecule has 0 spiro atoms. The van der Waals surface area contributed by atoms with Crippen LogP contribution in [0.25, 0.3) is 0 Å². The summed E-state index contributed by atoms with van der Waals surface area (Å²) < 4.78 is 5.35. The van der Waals surface area contributed by atoms with E-state index >= 15 is 0 Å². The number of ether oxygens (including phenoxy) is 1. The maximum Gasteiger partial charge on any atom is 0.0511 e. The van der Waals surface area contributed by atoms with Gasteiger partial charge in [-0.15, -0.1) is 0 Å². The minimum absolute atomic E-state index is 0.690. The maximum atomic E-state index is 5.35. The van der Waals surface area contributed by atoms with Gasteiger partial charge in [0.05, 0.1) is 6.61 Å². The Hall–Kier alpha value is -1.02. The number of benzene rings is 1. The molecule has 1 saturated heterocycles. The Morgan fingerprint density at radius 2 is 2.40 bits per heavy atom. The van der Waals surface area contributed by atoms with Crippen LogP contribution in [0.3, 0.4) is 0 Å². The summed E-state index contributed by atoms with van der Waals surface area (Å²) in [5, 5.41) is 3.48. The molecular weight excluding hydrogens is 186 g/mol. The van der Waals surface area contributed by atoms with E-state index in [9.17, 15) is 0 Å². The van der Waals surface area contributed by atoms with E-state index in [2.05, 4.69) is 36.5 Å². The van der Waals surface area contributed by atoms with E-state index < -0.39 is 0 Å². The van der Waals surface area contributed by atoms with Crippen LogP contribution >= 0.6 is 0 Å². The highest BCUT2D eigenvalue weighted by Gasteiger charge is 2.14. The molecule has 82 valence electrons. The van der Waals surface area contributed by atoms with Gasteiger partial charge >= 0.3 is 0 Å². The summed E-state index contributed by atoms with van der Waals surface area (Å²) in [6.45, 7) is 5.07. The van der Waals surface area contributed by atoms with Crippen molar-refractivity contribution in [3.63, 3.8) is 0 Å². The zero-order valence-electron chi connectivity index (χ0n) is 9.33. The monoisotopic (exact) mass is 205 g/mol. The van der Waals surface area contributed by atoms with Crippen LogP contribution in [0.4, 0.5) is 5.69 Å². The van der Waals surface area contributed by atoms with Gasteiger partial charge in [0.25, 0.3) is 0 Å². The second-order valence-corrected chi connectivity index (χ2v) is 4.16. The fourth-order valence-corrected chi connectivity index (χ4v) is 1.91. The van der Waals surface area contributed by atoms with E-state index in [1.807, 2.05) is 0 Å². The van der Waals surface area contributed by atoms with Gasteiger partial charge in [-0.05, 0) is 30.5 Å². The van der Waals surface area contributed by atoms with Crippen LogP contribution in [0.5, 0.6) is 0 Å². The van der Waals surface area contributed by atoms with Crippen LogP contribution in [0.2, 0.25) is 0 Å². The Labute approximate surface area is 91.6 Å². The lowest BCUT2D eigenvalue weighted by atomic mass is 10.1. The molecule has 0 amide bonds. The SMILES string of the molecule is CCc1cccc(NCC2CCOC2)c1. The Bertz CT molecular complexity index is 305. The van der Waals surface area contributed by atoms with Crippen molar-refractivity contribution in [1.29, 1.82) is 0 Å². The van der Waals surface area contributed by atoms with Crippen LogP contribution in [0.1, 0.15) is 18.9 Å². The highest BCUT2D eigenvalue weighted by Crippen LogP contribution is 2.15. The molecule has 0 bridgehead atoms. The summed E-state index contributed by atoms with van der Waals surface area (Å²) in [7, 11) is 0. The first kappa shape index (κ1) is 10.5. The summed E-state index contributed by atoms with van der Waals surface area (Å²) in [6.07, 6.45) is 2.29. The molecule has 2 heteroatoms. The number of nitrogens with one attached hydrogen (secondary N) is 1. The molecule has 0 radical (unpaired) electrons. The Morgan fingerprint density at radius 3 is 3.13 bits per heavy atom. The molecule has 1 aliphatic heterocycles. The van der Waals surface area contributed by atoms with E-state index in [0.717, 1.165) is 26.2 Å². The van der Waals surface area contributed by atoms with Crippen molar-refractivity contribution in [2.45, 2.75) is 19.8 Å². The van der Waals surface area contributed by atoms with Crippen molar-refractivity contribution in [1.82, 2.24) is 0 Å². The van der Waals surface area contributed by atoms with Crippen LogP contribution in [0, 0.1) is 5.92 Å². The van der Waals surface area contributed by atoms with E-state index in [4.69, 9.17) is 4.74 Å². The van der Waals surface area contributed by atoms with Crippen LogP contribution in [0.15, 0.2) is 24.3 Å². The number of hydrogen-bond acceptors (Lipinski definition) is 2. The number of aryl methyl sites for hydroxylation is 1. The van der Waals surface area contributed by atoms with Gasteiger partial charge in [0.15, 0.2) is 0 Å². The van der Waals surface area contributed by atoms with Gasteiger partial charge < -0.3 is 10.1 Å². The molecule has 1 heterocycles. The summed E-state index contributed by atoms with van der Waals surface area (Å²) >= 11 is 0. The number of hydrogen-bond donors (Lipinski definition) is 1. The summed E-state index contributed by atoms with van der Waals surface area (Å²) in [5.74, 6) is 0.690. The number of anilines is 1. The first-order valence-corrected chi connectivity index (χ1v) is 5.79. The molecule has 1 aromatic rings. The van der Waals surface area contributed by atoms with Crippen molar-refractivity contribution in [3.8, 4) is 0 Å². The summed E-state index contributed by atoms with van der Waals surface area (Å²) in [4.78, 5) is 0. The molecule has 0 aromatic heterocycles. The van der Waals surface area contributed by atoms with Gasteiger partial charge in [0.2, 0.25) is 0 Å². The first-order valence-electron chi connectivity index (χ1n) is 5.79. The standard InChI is InChI=1S/C13H19NO/c1-2-11-4-3-5-13(8-11)14-9-12-6-7-15-10-12/h3-5,8,12,14H,2,6-7,9-10H2,1H3. The zero-order chi connectivity index (χ0) is 10.5. The Kier molecular flexibility index (Phi) is 3.62. The van der Waals surface area contributed by atoms with Gasteiger partial charge in [-0.1, -0.05) is 19.1 Å². The van der Waals surface area contributed by atoms with Gasteiger partial charge in [-0.25, -0.2) is 0 Å². The summed E-state index contributed by atoms with van der Waals surface area (Å²) in [6, 6.07) is 8.65. The molecule has 1 aliphatic rings. The third kappa shape index (κ3) is 2.96. The normalized spacial score (nSPS) is 20.5. The quantitative estimate of drug-likeness (QED) is 0.816. The molecule has 1 atom stereocenters. The molecule has 2 rings (SSSR count). The molecule has 1 aromatic carbocycles. The largest absolute Gasteiger partial charge is 0.385 e. The minimum atomic E-state index is 0.690. The maximum absolute atomic E-state index is 5.35. The molecule has 0 aliphatic carbocycles. The smallest absolute Gasteiger partial charge is 0.0511 e. The van der Waals surface area contributed by atoms with Gasteiger partial charge in [0.1, 0.15) is 0 Å². The predicted octanol–water partition coefficient (Wildman–Crippen LogP) is 2.70. The van der Waals surface area contributed by atoms with Crippen molar-refractivity contribution >= 4 is 5.69 Å². The van der Waals surface area contributed by atoms with Crippen molar-refractivity contribution < 1.29 is 4.74 Å². The minimum Gasteiger partial charge on any atom is -0.385 e. The second kappa shape index (κ2) is 5.17. The van der Waals surface area contributed by atoms with Crippen molar-refractivity contribution in [2.75, 3.05) is 25.1 Å². The Morgan fingerprint density at radius 1 is 1.47 bits per heavy atom. The van der Waals surface area contributed by atoms with E-state index in [1.54, 1.807) is 0 Å². The molecule has 0 saturated carbocycles. The first-order chi connectivity index (χ1) is 7.38. The lowest BCUT2D eigenvalue weighted by Gasteiger charge is -2.11. The van der Waals surface area contributed by atoms with Crippen molar-refractivity contribution in [3.05, 3.63) is 29.8 Å². The van der Waals surface area contributed by atoms with Gasteiger partial charge in [0, 0.05) is 24.8 Å². The summed E-state index contributed by atoms with van der Waals surface area (Å²) in [5.41, 5.74) is 2.63. The average Bonchev–Trinajstić information content (AvgIpc) is 2.79. The van der Waals surface area contributed by atoms with Crippen LogP contribution in [-0.2, 0) is 11.2 Å². The third-order valence-corrected chi connectivity index (χ3v) is 2.95. The van der Waals surface area contributed by atoms with E-state index in [0.29, 0.717) is 5.92 Å². The molecule has 1 unspecified atom stereocenters. The van der Waals surface area contributed by atoms with Crippen molar-refractivity contribution in [2.24, 2.45) is 5.92 Å². The fourth-order valence-electron chi connectivity index (χ4n) is 1.91. The molecule has 2 nitrogen and oxygen atoms in total. The molecular formula is C13H19NO. The lowest BCUT2D eigenvalue weighted by molar-refractivity contribution is 0.187. The third-order valence-electron chi connectivity index (χ3n) is 2.95. The topological polar surface area (TPSA) is 21.3 Å². The van der Waals surface area contributed by atoms with Crippen LogP contribution in [-0.4, -0.2) is 19.8 Å². The highest BCUT2D eigenvalue weighted by atomic mass is 16.5. The molecule has 1 fully saturated rings.